The lowest BCUT2D eigenvalue weighted by atomic mass is 10.1. The van der Waals surface area contributed by atoms with Crippen LogP contribution in [0.1, 0.15) is 21.5 Å². The fourth-order valence-electron chi connectivity index (χ4n) is 3.99. The molecule has 2 amide bonds. The van der Waals surface area contributed by atoms with Gasteiger partial charge in [-0.05, 0) is 60.2 Å². The summed E-state index contributed by atoms with van der Waals surface area (Å²) in [6.45, 7) is 0.472. The summed E-state index contributed by atoms with van der Waals surface area (Å²) in [4.78, 5) is 32.3. The SMILES string of the molecule is COc1ccc(NC(=O)c2ccc(N=C3C(=O)N(Cc4ccccc4)c4ccccc43)cc2)cc1. The number of para-hydroxylation sites is 1. The van der Waals surface area contributed by atoms with E-state index in [0.29, 0.717) is 29.2 Å². The van der Waals surface area contributed by atoms with Crippen molar-refractivity contribution in [2.75, 3.05) is 17.3 Å². The van der Waals surface area contributed by atoms with Crippen molar-refractivity contribution in [3.63, 3.8) is 0 Å². The molecule has 4 aromatic carbocycles. The maximum atomic E-state index is 13.3. The molecule has 0 saturated carbocycles. The highest BCUT2D eigenvalue weighted by Crippen LogP contribution is 2.32. The van der Waals surface area contributed by atoms with Crippen molar-refractivity contribution in [3.05, 3.63) is 120 Å². The van der Waals surface area contributed by atoms with E-state index in [-0.39, 0.29) is 11.8 Å². The lowest BCUT2D eigenvalue weighted by Crippen LogP contribution is -2.29. The van der Waals surface area contributed by atoms with Gasteiger partial charge in [0.15, 0.2) is 0 Å². The maximum Gasteiger partial charge on any atom is 0.277 e. The Balaban J connectivity index is 1.36. The molecule has 0 spiro atoms. The molecule has 0 radical (unpaired) electrons. The number of anilines is 2. The van der Waals surface area contributed by atoms with Crippen molar-refractivity contribution in [1.29, 1.82) is 0 Å². The molecule has 0 atom stereocenters. The molecule has 4 aromatic rings. The van der Waals surface area contributed by atoms with Gasteiger partial charge in [0.1, 0.15) is 11.5 Å². The number of hydrogen-bond acceptors (Lipinski definition) is 4. The van der Waals surface area contributed by atoms with Crippen LogP contribution < -0.4 is 15.0 Å². The third-order valence-corrected chi connectivity index (χ3v) is 5.80. The minimum atomic E-state index is -0.231. The largest absolute Gasteiger partial charge is 0.497 e. The van der Waals surface area contributed by atoms with Gasteiger partial charge in [0.05, 0.1) is 25.0 Å². The smallest absolute Gasteiger partial charge is 0.277 e. The summed E-state index contributed by atoms with van der Waals surface area (Å²) in [5.74, 6) is 0.346. The van der Waals surface area contributed by atoms with Crippen LogP contribution in [0.15, 0.2) is 108 Å². The van der Waals surface area contributed by atoms with E-state index in [2.05, 4.69) is 10.3 Å². The first-order valence-electron chi connectivity index (χ1n) is 11.2. The molecule has 6 nitrogen and oxygen atoms in total. The normalized spacial score (nSPS) is 13.6. The van der Waals surface area contributed by atoms with Crippen molar-refractivity contribution in [2.24, 2.45) is 4.99 Å². The van der Waals surface area contributed by atoms with E-state index < -0.39 is 0 Å². The molecule has 6 heteroatoms. The molecule has 0 bridgehead atoms. The van der Waals surface area contributed by atoms with E-state index >= 15 is 0 Å². The number of methoxy groups -OCH3 is 1. The van der Waals surface area contributed by atoms with E-state index in [9.17, 15) is 9.59 Å². The number of ether oxygens (including phenoxy) is 1. The number of fused-ring (bicyclic) bond motifs is 1. The molecule has 1 aliphatic rings. The third kappa shape index (κ3) is 4.68. The van der Waals surface area contributed by atoms with Crippen molar-refractivity contribution in [2.45, 2.75) is 6.54 Å². The molecule has 1 N–H and O–H groups in total. The first kappa shape index (κ1) is 22.1. The topological polar surface area (TPSA) is 71.0 Å². The van der Waals surface area contributed by atoms with Crippen LogP contribution in [0.2, 0.25) is 0 Å². The lowest BCUT2D eigenvalue weighted by molar-refractivity contribution is -0.112. The van der Waals surface area contributed by atoms with Gasteiger partial charge < -0.3 is 15.0 Å². The Morgan fingerprint density at radius 2 is 1.54 bits per heavy atom. The minimum Gasteiger partial charge on any atom is -0.497 e. The molecular weight excluding hydrogens is 438 g/mol. The predicted octanol–water partition coefficient (Wildman–Crippen LogP) is 5.62. The zero-order valence-electron chi connectivity index (χ0n) is 19.1. The number of carbonyl (C=O) groups excluding carboxylic acids is 2. The van der Waals surface area contributed by atoms with Gasteiger partial charge in [0.2, 0.25) is 0 Å². The summed E-state index contributed by atoms with van der Waals surface area (Å²) in [5, 5.41) is 2.86. The van der Waals surface area contributed by atoms with Crippen LogP contribution in [0, 0.1) is 0 Å². The Hall–Kier alpha value is -4.71. The first-order valence-corrected chi connectivity index (χ1v) is 11.2. The summed E-state index contributed by atoms with van der Waals surface area (Å²) < 4.78 is 5.14. The van der Waals surface area contributed by atoms with Gasteiger partial charge in [-0.1, -0.05) is 48.5 Å². The van der Waals surface area contributed by atoms with Gasteiger partial charge in [-0.25, -0.2) is 4.99 Å². The zero-order valence-corrected chi connectivity index (χ0v) is 19.1. The number of amides is 2. The van der Waals surface area contributed by atoms with Crippen LogP contribution in [0.25, 0.3) is 0 Å². The summed E-state index contributed by atoms with van der Waals surface area (Å²) in [7, 11) is 1.59. The third-order valence-electron chi connectivity index (χ3n) is 5.80. The number of nitrogens with one attached hydrogen (secondary N) is 1. The second kappa shape index (κ2) is 9.65. The summed E-state index contributed by atoms with van der Waals surface area (Å²) >= 11 is 0. The Morgan fingerprint density at radius 1 is 0.857 bits per heavy atom. The highest BCUT2D eigenvalue weighted by atomic mass is 16.5. The fourth-order valence-corrected chi connectivity index (χ4v) is 3.99. The number of aliphatic imine (C=N–C) groups is 1. The van der Waals surface area contributed by atoms with Crippen LogP contribution >= 0.6 is 0 Å². The average Bonchev–Trinajstić information content (AvgIpc) is 3.16. The van der Waals surface area contributed by atoms with E-state index in [1.165, 1.54) is 0 Å². The summed E-state index contributed by atoms with van der Waals surface area (Å²) in [6, 6.07) is 31.6. The van der Waals surface area contributed by atoms with Crippen molar-refractivity contribution >= 4 is 34.6 Å². The van der Waals surface area contributed by atoms with Crippen molar-refractivity contribution < 1.29 is 14.3 Å². The Kier molecular flexibility index (Phi) is 6.09. The molecule has 1 aliphatic heterocycles. The zero-order chi connectivity index (χ0) is 24.2. The molecule has 172 valence electrons. The van der Waals surface area contributed by atoms with Crippen LogP contribution in [0.5, 0.6) is 5.75 Å². The number of carbonyl (C=O) groups is 2. The molecule has 0 saturated heterocycles. The van der Waals surface area contributed by atoms with Gasteiger partial charge >= 0.3 is 0 Å². The van der Waals surface area contributed by atoms with Gasteiger partial charge in [-0.2, -0.15) is 0 Å². The van der Waals surface area contributed by atoms with Gasteiger partial charge in [0.25, 0.3) is 11.8 Å². The monoisotopic (exact) mass is 461 g/mol. The Labute approximate surface area is 203 Å². The molecular formula is C29H23N3O3. The van der Waals surface area contributed by atoms with Crippen LogP contribution in [0.4, 0.5) is 17.1 Å². The van der Waals surface area contributed by atoms with E-state index in [1.54, 1.807) is 60.5 Å². The van der Waals surface area contributed by atoms with E-state index in [0.717, 1.165) is 22.6 Å². The van der Waals surface area contributed by atoms with Crippen molar-refractivity contribution in [3.8, 4) is 5.75 Å². The van der Waals surface area contributed by atoms with E-state index in [4.69, 9.17) is 4.74 Å². The van der Waals surface area contributed by atoms with E-state index in [1.807, 2.05) is 54.6 Å². The highest BCUT2D eigenvalue weighted by molar-refractivity contribution is 6.54. The van der Waals surface area contributed by atoms with Gasteiger partial charge in [-0.3, -0.25) is 9.59 Å². The highest BCUT2D eigenvalue weighted by Gasteiger charge is 2.33. The standard InChI is InChI=1S/C29H23N3O3/c1-35-24-17-15-23(16-18-24)31-28(33)21-11-13-22(14-12-21)30-27-25-9-5-6-10-26(25)32(29(27)34)19-20-7-3-2-4-8-20/h2-18H,19H2,1H3,(H,31,33). The molecule has 0 fully saturated rings. The average molecular weight is 462 g/mol. The number of rotatable bonds is 6. The molecule has 0 aromatic heterocycles. The predicted molar refractivity (Wildman–Crippen MR) is 138 cm³/mol. The molecule has 0 aliphatic carbocycles. The molecule has 5 rings (SSSR count). The van der Waals surface area contributed by atoms with Crippen molar-refractivity contribution in [1.82, 2.24) is 0 Å². The van der Waals surface area contributed by atoms with Gasteiger partial charge in [-0.15, -0.1) is 0 Å². The minimum absolute atomic E-state index is 0.142. The Bertz CT molecular complexity index is 1400. The maximum absolute atomic E-state index is 13.3. The second-order valence-corrected chi connectivity index (χ2v) is 8.08. The van der Waals surface area contributed by atoms with Crippen LogP contribution in [-0.4, -0.2) is 24.6 Å². The molecule has 35 heavy (non-hydrogen) atoms. The summed E-state index contributed by atoms with van der Waals surface area (Å²) in [6.07, 6.45) is 0. The first-order chi connectivity index (χ1) is 17.1. The quantitative estimate of drug-likeness (QED) is 0.405. The second-order valence-electron chi connectivity index (χ2n) is 8.08. The van der Waals surface area contributed by atoms with Crippen LogP contribution in [-0.2, 0) is 11.3 Å². The lowest BCUT2D eigenvalue weighted by Gasteiger charge is -2.16. The Morgan fingerprint density at radius 3 is 2.26 bits per heavy atom. The number of nitrogens with zero attached hydrogens (tertiary/aromatic N) is 2. The van der Waals surface area contributed by atoms with Crippen LogP contribution in [0.3, 0.4) is 0 Å². The molecule has 0 unspecified atom stereocenters. The molecule has 1 heterocycles. The van der Waals surface area contributed by atoms with Gasteiger partial charge in [0, 0.05) is 16.8 Å². The fraction of sp³-hybridized carbons (Fsp3) is 0.0690. The number of hydrogen-bond donors (Lipinski definition) is 1. The summed E-state index contributed by atoms with van der Waals surface area (Å²) in [5.41, 5.74) is 4.85. The number of benzene rings is 4.